The SMILES string of the molecule is COc1ccc(Nc2ccc(NC(=O)c3cccs3)nc2)cc1. The largest absolute Gasteiger partial charge is 0.497 e. The molecule has 0 unspecified atom stereocenters. The van der Waals surface area contributed by atoms with Gasteiger partial charge in [0.1, 0.15) is 11.6 Å². The molecule has 2 N–H and O–H groups in total. The summed E-state index contributed by atoms with van der Waals surface area (Å²) in [5, 5.41) is 7.87. The van der Waals surface area contributed by atoms with E-state index in [1.54, 1.807) is 25.4 Å². The molecule has 0 bridgehead atoms. The summed E-state index contributed by atoms with van der Waals surface area (Å²) in [5.74, 6) is 1.17. The van der Waals surface area contributed by atoms with E-state index in [0.717, 1.165) is 17.1 Å². The quantitative estimate of drug-likeness (QED) is 0.740. The molecule has 116 valence electrons. The zero-order valence-corrected chi connectivity index (χ0v) is 13.3. The maximum absolute atomic E-state index is 11.9. The average Bonchev–Trinajstić information content (AvgIpc) is 3.12. The molecule has 0 saturated heterocycles. The van der Waals surface area contributed by atoms with Gasteiger partial charge in [-0.3, -0.25) is 4.79 Å². The molecule has 0 aliphatic heterocycles. The Bertz CT molecular complexity index is 769. The van der Waals surface area contributed by atoms with Crippen LogP contribution in [-0.2, 0) is 0 Å². The third-order valence-corrected chi connectivity index (χ3v) is 4.00. The van der Waals surface area contributed by atoms with Crippen LogP contribution in [0.15, 0.2) is 60.1 Å². The van der Waals surface area contributed by atoms with Gasteiger partial charge in [-0.15, -0.1) is 11.3 Å². The maximum atomic E-state index is 11.9. The summed E-state index contributed by atoms with van der Waals surface area (Å²) < 4.78 is 5.12. The van der Waals surface area contributed by atoms with Crippen molar-refractivity contribution in [2.24, 2.45) is 0 Å². The lowest BCUT2D eigenvalue weighted by Crippen LogP contribution is -2.11. The molecular formula is C17H15N3O2S. The van der Waals surface area contributed by atoms with Crippen LogP contribution in [0, 0.1) is 0 Å². The molecule has 5 nitrogen and oxygen atoms in total. The van der Waals surface area contributed by atoms with Gasteiger partial charge in [-0.05, 0) is 47.8 Å². The minimum Gasteiger partial charge on any atom is -0.497 e. The van der Waals surface area contributed by atoms with Crippen molar-refractivity contribution in [1.82, 2.24) is 4.98 Å². The zero-order chi connectivity index (χ0) is 16.1. The Kier molecular flexibility index (Phi) is 4.54. The van der Waals surface area contributed by atoms with Crippen LogP contribution in [-0.4, -0.2) is 18.0 Å². The Morgan fingerprint density at radius 3 is 2.48 bits per heavy atom. The number of nitrogens with one attached hydrogen (secondary N) is 2. The number of hydrogen-bond donors (Lipinski definition) is 2. The highest BCUT2D eigenvalue weighted by atomic mass is 32.1. The van der Waals surface area contributed by atoms with Crippen LogP contribution in [0.25, 0.3) is 0 Å². The van der Waals surface area contributed by atoms with E-state index in [0.29, 0.717) is 10.7 Å². The molecule has 0 radical (unpaired) electrons. The van der Waals surface area contributed by atoms with Gasteiger partial charge in [-0.25, -0.2) is 4.98 Å². The summed E-state index contributed by atoms with van der Waals surface area (Å²) >= 11 is 1.40. The van der Waals surface area contributed by atoms with Gasteiger partial charge in [0.05, 0.1) is 23.9 Å². The normalized spacial score (nSPS) is 10.1. The van der Waals surface area contributed by atoms with E-state index in [9.17, 15) is 4.79 Å². The molecule has 0 spiro atoms. The van der Waals surface area contributed by atoms with Crippen LogP contribution in [0.4, 0.5) is 17.2 Å². The first-order valence-corrected chi connectivity index (χ1v) is 7.84. The number of thiophene rings is 1. The van der Waals surface area contributed by atoms with Crippen LogP contribution in [0.3, 0.4) is 0 Å². The van der Waals surface area contributed by atoms with Crippen molar-refractivity contribution in [2.45, 2.75) is 0 Å². The molecular weight excluding hydrogens is 310 g/mol. The first-order chi connectivity index (χ1) is 11.2. The van der Waals surface area contributed by atoms with E-state index in [2.05, 4.69) is 15.6 Å². The number of ether oxygens (including phenoxy) is 1. The van der Waals surface area contributed by atoms with Crippen molar-refractivity contribution in [3.8, 4) is 5.75 Å². The van der Waals surface area contributed by atoms with Crippen LogP contribution in [0.5, 0.6) is 5.75 Å². The van der Waals surface area contributed by atoms with Crippen molar-refractivity contribution in [3.05, 3.63) is 65.0 Å². The van der Waals surface area contributed by atoms with Crippen molar-refractivity contribution in [2.75, 3.05) is 17.7 Å². The molecule has 6 heteroatoms. The fraction of sp³-hybridized carbons (Fsp3) is 0.0588. The molecule has 1 aromatic carbocycles. The Labute approximate surface area is 138 Å². The van der Waals surface area contributed by atoms with Gasteiger partial charge in [0, 0.05) is 5.69 Å². The number of carbonyl (C=O) groups is 1. The molecule has 2 aromatic heterocycles. The lowest BCUT2D eigenvalue weighted by molar-refractivity contribution is 0.103. The number of rotatable bonds is 5. The molecule has 0 aliphatic carbocycles. The molecule has 3 rings (SSSR count). The second-order valence-corrected chi connectivity index (χ2v) is 5.66. The van der Waals surface area contributed by atoms with E-state index in [-0.39, 0.29) is 5.91 Å². The predicted molar refractivity (Wildman–Crippen MR) is 92.8 cm³/mol. The highest BCUT2D eigenvalue weighted by molar-refractivity contribution is 7.12. The molecule has 23 heavy (non-hydrogen) atoms. The molecule has 0 aliphatic rings. The topological polar surface area (TPSA) is 63.2 Å². The Balaban J connectivity index is 1.63. The number of nitrogens with zero attached hydrogens (tertiary/aromatic N) is 1. The third-order valence-electron chi connectivity index (χ3n) is 3.13. The van der Waals surface area contributed by atoms with Crippen LogP contribution < -0.4 is 15.4 Å². The molecule has 3 aromatic rings. The molecule has 0 saturated carbocycles. The molecule has 2 heterocycles. The zero-order valence-electron chi connectivity index (χ0n) is 12.4. The fourth-order valence-corrected chi connectivity index (χ4v) is 2.59. The van der Waals surface area contributed by atoms with Crippen molar-refractivity contribution >= 4 is 34.4 Å². The summed E-state index contributed by atoms with van der Waals surface area (Å²) in [7, 11) is 1.63. The summed E-state index contributed by atoms with van der Waals surface area (Å²) in [5.41, 5.74) is 1.77. The Morgan fingerprint density at radius 2 is 1.87 bits per heavy atom. The predicted octanol–water partition coefficient (Wildman–Crippen LogP) is 4.15. The summed E-state index contributed by atoms with van der Waals surface area (Å²) in [6, 6.07) is 14.8. The van der Waals surface area contributed by atoms with Crippen LogP contribution in [0.1, 0.15) is 9.67 Å². The Morgan fingerprint density at radius 1 is 1.09 bits per heavy atom. The number of pyridine rings is 1. The van der Waals surface area contributed by atoms with E-state index < -0.39 is 0 Å². The monoisotopic (exact) mass is 325 g/mol. The number of anilines is 3. The summed E-state index contributed by atoms with van der Waals surface area (Å²) in [4.78, 5) is 16.8. The first kappa shape index (κ1) is 15.1. The number of methoxy groups -OCH3 is 1. The number of carbonyl (C=O) groups excluding carboxylic acids is 1. The van der Waals surface area contributed by atoms with E-state index in [1.165, 1.54) is 11.3 Å². The number of amides is 1. The number of benzene rings is 1. The second kappa shape index (κ2) is 6.93. The third kappa shape index (κ3) is 3.87. The van der Waals surface area contributed by atoms with Crippen LogP contribution >= 0.6 is 11.3 Å². The van der Waals surface area contributed by atoms with Gasteiger partial charge in [0.15, 0.2) is 0 Å². The van der Waals surface area contributed by atoms with Crippen LogP contribution in [0.2, 0.25) is 0 Å². The summed E-state index contributed by atoms with van der Waals surface area (Å²) in [6.07, 6.45) is 1.67. The highest BCUT2D eigenvalue weighted by Crippen LogP contribution is 2.20. The standard InChI is InChI=1S/C17H15N3O2S/c1-22-14-7-4-12(5-8-14)19-13-6-9-16(18-11-13)20-17(21)15-3-2-10-23-15/h2-11,19H,1H3,(H,18,20,21). The van der Waals surface area contributed by atoms with Gasteiger partial charge in [0.2, 0.25) is 0 Å². The first-order valence-electron chi connectivity index (χ1n) is 6.96. The second-order valence-electron chi connectivity index (χ2n) is 4.72. The number of aromatic nitrogens is 1. The van der Waals surface area contributed by atoms with E-state index in [1.807, 2.05) is 41.8 Å². The van der Waals surface area contributed by atoms with Crippen molar-refractivity contribution in [1.29, 1.82) is 0 Å². The average molecular weight is 325 g/mol. The Hall–Kier alpha value is -2.86. The van der Waals surface area contributed by atoms with Crippen molar-refractivity contribution in [3.63, 3.8) is 0 Å². The van der Waals surface area contributed by atoms with Crippen molar-refractivity contribution < 1.29 is 9.53 Å². The molecule has 1 amide bonds. The number of hydrogen-bond acceptors (Lipinski definition) is 5. The van der Waals surface area contributed by atoms with Gasteiger partial charge in [-0.2, -0.15) is 0 Å². The summed E-state index contributed by atoms with van der Waals surface area (Å²) in [6.45, 7) is 0. The minimum atomic E-state index is -0.150. The van der Waals surface area contributed by atoms with Gasteiger partial charge < -0.3 is 15.4 Å². The van der Waals surface area contributed by atoms with Gasteiger partial charge >= 0.3 is 0 Å². The smallest absolute Gasteiger partial charge is 0.266 e. The molecule has 0 atom stereocenters. The van der Waals surface area contributed by atoms with Gasteiger partial charge in [0.25, 0.3) is 5.91 Å². The lowest BCUT2D eigenvalue weighted by Gasteiger charge is -2.08. The highest BCUT2D eigenvalue weighted by Gasteiger charge is 2.07. The minimum absolute atomic E-state index is 0.150. The maximum Gasteiger partial charge on any atom is 0.266 e. The lowest BCUT2D eigenvalue weighted by atomic mass is 10.3. The van der Waals surface area contributed by atoms with Gasteiger partial charge in [-0.1, -0.05) is 6.07 Å². The van der Waals surface area contributed by atoms with E-state index >= 15 is 0 Å². The van der Waals surface area contributed by atoms with E-state index in [4.69, 9.17) is 4.74 Å². The fourth-order valence-electron chi connectivity index (χ4n) is 1.97. The molecule has 0 fully saturated rings.